The third-order valence-corrected chi connectivity index (χ3v) is 2.24. The van der Waals surface area contributed by atoms with E-state index in [0.717, 1.165) is 5.56 Å². The fraction of sp³-hybridized carbons (Fsp3) is 0.273. The predicted octanol–water partition coefficient (Wildman–Crippen LogP) is 0.760. The summed E-state index contributed by atoms with van der Waals surface area (Å²) in [6, 6.07) is 8.99. The van der Waals surface area contributed by atoms with Crippen LogP contribution in [0.15, 0.2) is 24.3 Å². The van der Waals surface area contributed by atoms with Crippen molar-refractivity contribution in [2.24, 2.45) is 11.7 Å². The van der Waals surface area contributed by atoms with Crippen LogP contribution in [0.25, 0.3) is 0 Å². The van der Waals surface area contributed by atoms with Crippen LogP contribution in [-0.4, -0.2) is 17.6 Å². The first kappa shape index (κ1) is 11.2. The standard InChI is InChI=1S/C11H12N2O2/c12-6-9-4-2-1-3-8(9)5-10(7-13)11(14)15/h1-4,10H,5,7,13H2,(H,14,15). The minimum absolute atomic E-state index is 0.0785. The molecule has 0 fully saturated rings. The van der Waals surface area contributed by atoms with Gasteiger partial charge in [-0.2, -0.15) is 5.26 Å². The molecule has 4 nitrogen and oxygen atoms in total. The molecule has 3 N–H and O–H groups in total. The summed E-state index contributed by atoms with van der Waals surface area (Å²) < 4.78 is 0. The van der Waals surface area contributed by atoms with Crippen molar-refractivity contribution in [3.63, 3.8) is 0 Å². The molecule has 0 spiro atoms. The van der Waals surface area contributed by atoms with Crippen LogP contribution in [0.4, 0.5) is 0 Å². The SMILES string of the molecule is N#Cc1ccccc1CC(CN)C(=O)O. The minimum atomic E-state index is -0.926. The number of hydrogen-bond donors (Lipinski definition) is 2. The highest BCUT2D eigenvalue weighted by atomic mass is 16.4. The summed E-state index contributed by atoms with van der Waals surface area (Å²) in [6.07, 6.45) is 0.301. The summed E-state index contributed by atoms with van der Waals surface area (Å²) in [5, 5.41) is 17.6. The van der Waals surface area contributed by atoms with E-state index in [1.807, 2.05) is 6.07 Å². The maximum atomic E-state index is 10.8. The Morgan fingerprint density at radius 3 is 2.73 bits per heavy atom. The van der Waals surface area contributed by atoms with Gasteiger partial charge in [-0.25, -0.2) is 0 Å². The number of aliphatic carboxylic acids is 1. The largest absolute Gasteiger partial charge is 0.481 e. The average molecular weight is 204 g/mol. The van der Waals surface area contributed by atoms with Crippen molar-refractivity contribution in [1.29, 1.82) is 5.26 Å². The van der Waals surface area contributed by atoms with E-state index in [2.05, 4.69) is 0 Å². The lowest BCUT2D eigenvalue weighted by atomic mass is 9.96. The Bertz CT molecular complexity index is 396. The zero-order valence-electron chi connectivity index (χ0n) is 8.18. The lowest BCUT2D eigenvalue weighted by molar-refractivity contribution is -0.141. The van der Waals surface area contributed by atoms with Crippen LogP contribution < -0.4 is 5.73 Å². The van der Waals surface area contributed by atoms with Crippen LogP contribution in [0, 0.1) is 17.2 Å². The number of carbonyl (C=O) groups is 1. The molecule has 0 aliphatic heterocycles. The molecule has 1 aromatic carbocycles. The van der Waals surface area contributed by atoms with Gasteiger partial charge in [-0.1, -0.05) is 18.2 Å². The molecule has 78 valence electrons. The van der Waals surface area contributed by atoms with Gasteiger partial charge in [0.1, 0.15) is 0 Å². The molecule has 0 aliphatic rings. The van der Waals surface area contributed by atoms with Gasteiger partial charge in [0.2, 0.25) is 0 Å². The van der Waals surface area contributed by atoms with E-state index in [9.17, 15) is 4.79 Å². The van der Waals surface area contributed by atoms with E-state index in [1.165, 1.54) is 0 Å². The second-order valence-electron chi connectivity index (χ2n) is 3.24. The van der Waals surface area contributed by atoms with E-state index in [0.29, 0.717) is 12.0 Å². The summed E-state index contributed by atoms with van der Waals surface area (Å²) in [5.41, 5.74) is 6.59. The molecular formula is C11H12N2O2. The molecule has 1 aromatic rings. The van der Waals surface area contributed by atoms with Gasteiger partial charge in [0.25, 0.3) is 0 Å². The number of nitrogens with two attached hydrogens (primary N) is 1. The van der Waals surface area contributed by atoms with Crippen LogP contribution in [0.2, 0.25) is 0 Å². The lowest BCUT2D eigenvalue weighted by Crippen LogP contribution is -2.25. The fourth-order valence-electron chi connectivity index (χ4n) is 1.34. The first-order chi connectivity index (χ1) is 7.19. The number of rotatable bonds is 4. The Balaban J connectivity index is 2.89. The monoisotopic (exact) mass is 204 g/mol. The van der Waals surface area contributed by atoms with Gasteiger partial charge in [0.05, 0.1) is 17.6 Å². The quantitative estimate of drug-likeness (QED) is 0.758. The van der Waals surface area contributed by atoms with Gasteiger partial charge in [-0.05, 0) is 18.1 Å². The van der Waals surface area contributed by atoms with Crippen molar-refractivity contribution in [1.82, 2.24) is 0 Å². The molecule has 0 radical (unpaired) electrons. The number of nitriles is 1. The Labute approximate surface area is 87.9 Å². The summed E-state index contributed by atoms with van der Waals surface area (Å²) in [7, 11) is 0. The van der Waals surface area contributed by atoms with Crippen LogP contribution in [0.5, 0.6) is 0 Å². The summed E-state index contributed by atoms with van der Waals surface area (Å²) in [4.78, 5) is 10.8. The molecule has 15 heavy (non-hydrogen) atoms. The second kappa shape index (κ2) is 5.13. The van der Waals surface area contributed by atoms with Gasteiger partial charge >= 0.3 is 5.97 Å². The highest BCUT2D eigenvalue weighted by molar-refractivity contribution is 5.70. The number of hydrogen-bond acceptors (Lipinski definition) is 3. The molecule has 4 heteroatoms. The van der Waals surface area contributed by atoms with Gasteiger partial charge in [0, 0.05) is 6.54 Å². The molecule has 1 unspecified atom stereocenters. The predicted molar refractivity (Wildman–Crippen MR) is 55.0 cm³/mol. The fourth-order valence-corrected chi connectivity index (χ4v) is 1.34. The highest BCUT2D eigenvalue weighted by Gasteiger charge is 2.17. The molecule has 0 saturated carbocycles. The average Bonchev–Trinajstić information content (AvgIpc) is 2.25. The summed E-state index contributed by atoms with van der Waals surface area (Å²) in [6.45, 7) is 0.0785. The Hall–Kier alpha value is -1.86. The van der Waals surface area contributed by atoms with Gasteiger partial charge in [-0.3, -0.25) is 4.79 Å². The highest BCUT2D eigenvalue weighted by Crippen LogP contribution is 2.13. The van der Waals surface area contributed by atoms with Crippen LogP contribution >= 0.6 is 0 Å². The molecular weight excluding hydrogens is 192 g/mol. The molecule has 0 saturated heterocycles. The first-order valence-electron chi connectivity index (χ1n) is 4.60. The molecule has 0 aliphatic carbocycles. The second-order valence-corrected chi connectivity index (χ2v) is 3.24. The van der Waals surface area contributed by atoms with E-state index < -0.39 is 11.9 Å². The molecule has 0 heterocycles. The van der Waals surface area contributed by atoms with Crippen LogP contribution in [0.1, 0.15) is 11.1 Å². The zero-order chi connectivity index (χ0) is 11.3. The summed E-state index contributed by atoms with van der Waals surface area (Å²) >= 11 is 0. The molecule has 0 amide bonds. The van der Waals surface area contributed by atoms with Crippen molar-refractivity contribution >= 4 is 5.97 Å². The van der Waals surface area contributed by atoms with Crippen molar-refractivity contribution in [2.45, 2.75) is 6.42 Å². The molecule has 0 bridgehead atoms. The van der Waals surface area contributed by atoms with E-state index in [-0.39, 0.29) is 6.54 Å². The van der Waals surface area contributed by atoms with E-state index in [4.69, 9.17) is 16.1 Å². The van der Waals surface area contributed by atoms with Gasteiger partial charge in [0.15, 0.2) is 0 Å². The number of carboxylic acid groups (broad SMARTS) is 1. The Kier molecular flexibility index (Phi) is 3.83. The summed E-state index contributed by atoms with van der Waals surface area (Å²) in [5.74, 6) is -1.55. The third kappa shape index (κ3) is 2.79. The van der Waals surface area contributed by atoms with Gasteiger partial charge in [-0.15, -0.1) is 0 Å². The molecule has 1 rings (SSSR count). The smallest absolute Gasteiger partial charge is 0.308 e. The van der Waals surface area contributed by atoms with Crippen molar-refractivity contribution in [3.05, 3.63) is 35.4 Å². The molecule has 1 atom stereocenters. The maximum absolute atomic E-state index is 10.8. The van der Waals surface area contributed by atoms with Crippen molar-refractivity contribution < 1.29 is 9.90 Å². The van der Waals surface area contributed by atoms with E-state index >= 15 is 0 Å². The Morgan fingerprint density at radius 2 is 2.20 bits per heavy atom. The lowest BCUT2D eigenvalue weighted by Gasteiger charge is -2.10. The van der Waals surface area contributed by atoms with Crippen LogP contribution in [0.3, 0.4) is 0 Å². The minimum Gasteiger partial charge on any atom is -0.481 e. The van der Waals surface area contributed by atoms with E-state index in [1.54, 1.807) is 24.3 Å². The van der Waals surface area contributed by atoms with Crippen LogP contribution in [-0.2, 0) is 11.2 Å². The number of benzene rings is 1. The maximum Gasteiger partial charge on any atom is 0.308 e. The third-order valence-electron chi connectivity index (χ3n) is 2.24. The van der Waals surface area contributed by atoms with Gasteiger partial charge < -0.3 is 10.8 Å². The number of carboxylic acids is 1. The Morgan fingerprint density at radius 1 is 1.53 bits per heavy atom. The first-order valence-corrected chi connectivity index (χ1v) is 4.60. The number of nitrogens with zero attached hydrogens (tertiary/aromatic N) is 1. The zero-order valence-corrected chi connectivity index (χ0v) is 8.18. The molecule has 0 aromatic heterocycles. The van der Waals surface area contributed by atoms with Crippen molar-refractivity contribution in [2.75, 3.05) is 6.54 Å². The normalized spacial score (nSPS) is 11.7. The van der Waals surface area contributed by atoms with Crippen molar-refractivity contribution in [3.8, 4) is 6.07 Å². The topological polar surface area (TPSA) is 87.1 Å².